The van der Waals surface area contributed by atoms with Crippen molar-refractivity contribution >= 4 is 30.5 Å². The molecule has 1 atom stereocenters. The normalized spacial score (nSPS) is 15.5. The number of carbonyl (C=O) groups excluding carboxylic acids is 1. The van der Waals surface area contributed by atoms with Gasteiger partial charge in [0, 0.05) is 12.3 Å². The number of ether oxygens (including phenoxy) is 2. The van der Waals surface area contributed by atoms with Crippen LogP contribution in [-0.2, 0) is 14.2 Å². The molecule has 24 heavy (non-hydrogen) atoms. The van der Waals surface area contributed by atoms with E-state index in [9.17, 15) is 9.90 Å². The Kier molecular flexibility index (Phi) is 4.87. The highest BCUT2D eigenvalue weighted by atomic mass is 35.5. The van der Waals surface area contributed by atoms with E-state index in [-0.39, 0.29) is 35.1 Å². The lowest BCUT2D eigenvalue weighted by molar-refractivity contribution is -0.144. The minimum absolute atomic E-state index is 0.0394. The van der Waals surface area contributed by atoms with E-state index >= 15 is 0 Å². The van der Waals surface area contributed by atoms with E-state index in [4.69, 9.17) is 25.7 Å². The van der Waals surface area contributed by atoms with Crippen molar-refractivity contribution in [2.45, 2.75) is 19.4 Å². The number of phenols is 1. The molecular formula is C15H13BClN2O5. The van der Waals surface area contributed by atoms with Crippen LogP contribution in [0.25, 0.3) is 0 Å². The lowest BCUT2D eigenvalue weighted by Gasteiger charge is -2.13. The molecule has 1 aromatic carbocycles. The number of benzene rings is 1. The summed E-state index contributed by atoms with van der Waals surface area (Å²) >= 11 is 5.70. The summed E-state index contributed by atoms with van der Waals surface area (Å²) in [6, 6.07) is 4.81. The number of esters is 1. The third-order valence-electron chi connectivity index (χ3n) is 3.38. The molecule has 2 heterocycles. The third kappa shape index (κ3) is 3.44. The van der Waals surface area contributed by atoms with E-state index in [1.807, 2.05) is 0 Å². The Labute approximate surface area is 143 Å². The van der Waals surface area contributed by atoms with Crippen molar-refractivity contribution in [3.05, 3.63) is 35.2 Å². The average Bonchev–Trinajstić information content (AvgIpc) is 2.94. The fourth-order valence-corrected chi connectivity index (χ4v) is 2.47. The van der Waals surface area contributed by atoms with Gasteiger partial charge < -0.3 is 19.2 Å². The number of aromatic nitrogens is 2. The van der Waals surface area contributed by atoms with Crippen LogP contribution < -0.4 is 10.2 Å². The molecule has 1 N–H and O–H groups in total. The average molecular weight is 348 g/mol. The molecule has 1 aliphatic heterocycles. The molecule has 2 aromatic rings. The zero-order chi connectivity index (χ0) is 17.1. The van der Waals surface area contributed by atoms with Crippen molar-refractivity contribution < 1.29 is 24.0 Å². The Bertz CT molecular complexity index is 774. The van der Waals surface area contributed by atoms with Crippen LogP contribution in [-0.4, -0.2) is 35.1 Å². The molecule has 0 fully saturated rings. The molecule has 0 saturated heterocycles. The zero-order valence-corrected chi connectivity index (χ0v) is 13.5. The lowest BCUT2D eigenvalue weighted by atomic mass is 9.85. The second-order valence-corrected chi connectivity index (χ2v) is 5.27. The van der Waals surface area contributed by atoms with Crippen LogP contribution in [0.1, 0.15) is 25.0 Å². The minimum atomic E-state index is -0.493. The first kappa shape index (κ1) is 16.5. The van der Waals surface area contributed by atoms with Gasteiger partial charge in [0.1, 0.15) is 0 Å². The Morgan fingerprint density at radius 3 is 3.04 bits per heavy atom. The maximum Gasteiger partial charge on any atom is 0.335 e. The number of hydrogen-bond donors (Lipinski definition) is 1. The molecule has 3 rings (SSSR count). The van der Waals surface area contributed by atoms with Crippen LogP contribution in [0.2, 0.25) is 5.28 Å². The number of carbonyl (C=O) groups is 1. The van der Waals surface area contributed by atoms with E-state index < -0.39 is 6.10 Å². The maximum absolute atomic E-state index is 11.6. The van der Waals surface area contributed by atoms with Gasteiger partial charge in [-0.1, -0.05) is 6.07 Å². The van der Waals surface area contributed by atoms with Crippen molar-refractivity contribution in [1.82, 2.24) is 9.97 Å². The van der Waals surface area contributed by atoms with Crippen molar-refractivity contribution in [1.29, 1.82) is 0 Å². The van der Waals surface area contributed by atoms with Crippen LogP contribution in [0.3, 0.4) is 0 Å². The van der Waals surface area contributed by atoms with E-state index in [0.717, 1.165) is 0 Å². The molecule has 9 heteroatoms. The van der Waals surface area contributed by atoms with Gasteiger partial charge in [-0.05, 0) is 35.6 Å². The number of nitrogens with zero attached hydrogens (tertiary/aromatic N) is 2. The van der Waals surface area contributed by atoms with Gasteiger partial charge in [-0.25, -0.2) is 4.98 Å². The smallest absolute Gasteiger partial charge is 0.335 e. The Morgan fingerprint density at radius 2 is 2.29 bits per heavy atom. The van der Waals surface area contributed by atoms with Gasteiger partial charge in [0.25, 0.3) is 0 Å². The van der Waals surface area contributed by atoms with Crippen LogP contribution in [0.15, 0.2) is 24.4 Å². The first-order valence-electron chi connectivity index (χ1n) is 7.25. The van der Waals surface area contributed by atoms with E-state index in [0.29, 0.717) is 17.6 Å². The topological polar surface area (TPSA) is 90.8 Å². The molecule has 0 amide bonds. The van der Waals surface area contributed by atoms with Crippen LogP contribution in [0, 0.1) is 0 Å². The monoisotopic (exact) mass is 347 g/mol. The molecule has 7 nitrogen and oxygen atoms in total. The van der Waals surface area contributed by atoms with E-state index in [1.54, 1.807) is 19.1 Å². The molecule has 1 radical (unpaired) electrons. The summed E-state index contributed by atoms with van der Waals surface area (Å²) in [5, 5.41) is 10.4. The highest BCUT2D eigenvalue weighted by molar-refractivity contribution is 6.50. The summed E-state index contributed by atoms with van der Waals surface area (Å²) in [6.07, 6.45) is 1.02. The second kappa shape index (κ2) is 7.06. The van der Waals surface area contributed by atoms with Crippen molar-refractivity contribution in [2.24, 2.45) is 0 Å². The summed E-state index contributed by atoms with van der Waals surface area (Å²) in [6.45, 7) is 2.05. The zero-order valence-electron chi connectivity index (χ0n) is 12.7. The molecule has 0 spiro atoms. The molecular weight excluding hydrogens is 334 g/mol. The standard InChI is InChI=1S/C15H13BClN2O5/c1-2-22-12(20)7-10-8-3-4-9(14(21)13(8)16-24-10)23-11-5-6-18-15(17)19-11/h3-6,10,21H,2,7H2,1H3. The van der Waals surface area contributed by atoms with Gasteiger partial charge in [-0.15, -0.1) is 0 Å². The number of halogens is 1. The fraction of sp³-hybridized carbons (Fsp3) is 0.267. The van der Waals surface area contributed by atoms with Crippen LogP contribution in [0.5, 0.6) is 17.4 Å². The molecule has 0 saturated carbocycles. The van der Waals surface area contributed by atoms with Crippen molar-refractivity contribution in [3.63, 3.8) is 0 Å². The lowest BCUT2D eigenvalue weighted by Crippen LogP contribution is -2.13. The Morgan fingerprint density at radius 1 is 1.46 bits per heavy atom. The van der Waals surface area contributed by atoms with Crippen LogP contribution in [0.4, 0.5) is 0 Å². The van der Waals surface area contributed by atoms with E-state index in [1.165, 1.54) is 19.7 Å². The van der Waals surface area contributed by atoms with Gasteiger partial charge in [0.05, 0.1) is 19.1 Å². The fourth-order valence-electron chi connectivity index (χ4n) is 2.33. The van der Waals surface area contributed by atoms with E-state index in [2.05, 4.69) is 9.97 Å². The maximum atomic E-state index is 11.6. The highest BCUT2D eigenvalue weighted by Crippen LogP contribution is 2.35. The quantitative estimate of drug-likeness (QED) is 0.502. The van der Waals surface area contributed by atoms with Gasteiger partial charge in [-0.3, -0.25) is 4.79 Å². The summed E-state index contributed by atoms with van der Waals surface area (Å²) in [5.41, 5.74) is 1.15. The number of aromatic hydroxyl groups is 1. The Hall–Kier alpha value is -2.32. The molecule has 0 bridgehead atoms. The first-order valence-corrected chi connectivity index (χ1v) is 7.63. The number of phenolic OH excluding ortho intramolecular Hbond substituents is 1. The van der Waals surface area contributed by atoms with Crippen molar-refractivity contribution in [2.75, 3.05) is 6.61 Å². The molecule has 1 aliphatic rings. The predicted molar refractivity (Wildman–Crippen MR) is 85.7 cm³/mol. The van der Waals surface area contributed by atoms with Crippen LogP contribution >= 0.6 is 11.6 Å². The third-order valence-corrected chi connectivity index (χ3v) is 3.57. The first-order chi connectivity index (χ1) is 11.6. The molecule has 0 aliphatic carbocycles. The minimum Gasteiger partial charge on any atom is -0.505 e. The summed E-state index contributed by atoms with van der Waals surface area (Å²) in [5.74, 6) is -0.0693. The molecule has 1 aromatic heterocycles. The predicted octanol–water partition coefficient (Wildman–Crippen LogP) is 1.90. The van der Waals surface area contributed by atoms with Gasteiger partial charge in [0.15, 0.2) is 11.5 Å². The second-order valence-electron chi connectivity index (χ2n) is 4.93. The van der Waals surface area contributed by atoms with Gasteiger partial charge in [-0.2, -0.15) is 4.98 Å². The molecule has 1 unspecified atom stereocenters. The summed E-state index contributed by atoms with van der Waals surface area (Å²) in [7, 11) is 1.40. The van der Waals surface area contributed by atoms with Gasteiger partial charge >= 0.3 is 13.5 Å². The van der Waals surface area contributed by atoms with Crippen molar-refractivity contribution in [3.8, 4) is 17.4 Å². The molecule has 123 valence electrons. The number of rotatable bonds is 5. The summed E-state index contributed by atoms with van der Waals surface area (Å²) in [4.78, 5) is 19.3. The summed E-state index contributed by atoms with van der Waals surface area (Å²) < 4.78 is 15.9. The number of fused-ring (bicyclic) bond motifs is 1. The van der Waals surface area contributed by atoms with Gasteiger partial charge in [0.2, 0.25) is 11.2 Å². The largest absolute Gasteiger partial charge is 0.505 e. The Balaban J connectivity index is 1.80. The SMILES string of the molecule is CCOC(=O)CC1O[B]c2c1ccc(Oc1ccnc(Cl)n1)c2O. The number of hydrogen-bond acceptors (Lipinski definition) is 7. The highest BCUT2D eigenvalue weighted by Gasteiger charge is 2.31.